The van der Waals surface area contributed by atoms with Crippen LogP contribution in [-0.4, -0.2) is 17.3 Å². The van der Waals surface area contributed by atoms with Gasteiger partial charge in [0.15, 0.2) is 0 Å². The Morgan fingerprint density at radius 1 is 1.22 bits per heavy atom. The van der Waals surface area contributed by atoms with Crippen molar-refractivity contribution in [1.29, 1.82) is 0 Å². The lowest BCUT2D eigenvalue weighted by atomic mass is 9.86. The third kappa shape index (κ3) is 3.58. The van der Waals surface area contributed by atoms with E-state index in [1.807, 2.05) is 24.3 Å². The van der Waals surface area contributed by atoms with Crippen molar-refractivity contribution in [3.63, 3.8) is 0 Å². The Morgan fingerprint density at radius 2 is 1.89 bits per heavy atom. The van der Waals surface area contributed by atoms with E-state index in [0.29, 0.717) is 12.0 Å². The topological polar surface area (TPSA) is 29.1 Å². The van der Waals surface area contributed by atoms with Crippen molar-refractivity contribution in [2.75, 3.05) is 5.33 Å². The molecule has 1 fully saturated rings. The summed E-state index contributed by atoms with van der Waals surface area (Å²) in [5.41, 5.74) is 0.733. The average molecular weight is 375 g/mol. The van der Waals surface area contributed by atoms with Crippen LogP contribution in [0.25, 0.3) is 0 Å². The first kappa shape index (κ1) is 14.1. The smallest absolute Gasteiger partial charge is 0.251 e. The minimum absolute atomic E-state index is 0.0420. The molecule has 98 valence electrons. The summed E-state index contributed by atoms with van der Waals surface area (Å²) in [4.78, 5) is 12.1. The fraction of sp³-hybridized carbons (Fsp3) is 0.500. The lowest BCUT2D eigenvalue weighted by Crippen LogP contribution is -2.42. The van der Waals surface area contributed by atoms with E-state index in [4.69, 9.17) is 0 Å². The summed E-state index contributed by atoms with van der Waals surface area (Å²) in [6, 6.07) is 7.82. The maximum atomic E-state index is 12.1. The molecule has 2 unspecified atom stereocenters. The summed E-state index contributed by atoms with van der Waals surface area (Å²) >= 11 is 6.93. The van der Waals surface area contributed by atoms with Crippen molar-refractivity contribution in [3.8, 4) is 0 Å². The SMILES string of the molecule is O=C(NC1CCCCC1CBr)c1ccc(Br)cc1. The highest BCUT2D eigenvalue weighted by Crippen LogP contribution is 2.26. The lowest BCUT2D eigenvalue weighted by molar-refractivity contribution is 0.0911. The lowest BCUT2D eigenvalue weighted by Gasteiger charge is -2.31. The molecule has 1 aliphatic carbocycles. The molecule has 0 radical (unpaired) electrons. The van der Waals surface area contributed by atoms with E-state index >= 15 is 0 Å². The molecular weight excluding hydrogens is 358 g/mol. The third-order valence-corrected chi connectivity index (χ3v) is 4.89. The molecule has 0 aliphatic heterocycles. The van der Waals surface area contributed by atoms with Gasteiger partial charge in [-0.05, 0) is 43.0 Å². The maximum absolute atomic E-state index is 12.1. The van der Waals surface area contributed by atoms with E-state index in [9.17, 15) is 4.79 Å². The number of halogens is 2. The van der Waals surface area contributed by atoms with Crippen LogP contribution in [0.5, 0.6) is 0 Å². The first-order valence-electron chi connectivity index (χ1n) is 6.33. The van der Waals surface area contributed by atoms with E-state index in [1.165, 1.54) is 19.3 Å². The molecule has 0 spiro atoms. The molecule has 0 bridgehead atoms. The Labute approximate surface area is 125 Å². The van der Waals surface area contributed by atoms with Gasteiger partial charge in [-0.1, -0.05) is 44.7 Å². The summed E-state index contributed by atoms with van der Waals surface area (Å²) in [5.74, 6) is 0.610. The number of benzene rings is 1. The quantitative estimate of drug-likeness (QED) is 0.791. The highest BCUT2D eigenvalue weighted by molar-refractivity contribution is 9.10. The van der Waals surface area contributed by atoms with Crippen molar-refractivity contribution in [2.45, 2.75) is 31.7 Å². The van der Waals surface area contributed by atoms with Gasteiger partial charge in [-0.15, -0.1) is 0 Å². The number of amides is 1. The monoisotopic (exact) mass is 373 g/mol. The zero-order chi connectivity index (χ0) is 13.0. The second kappa shape index (κ2) is 6.71. The number of hydrogen-bond donors (Lipinski definition) is 1. The molecule has 4 heteroatoms. The van der Waals surface area contributed by atoms with Gasteiger partial charge < -0.3 is 5.32 Å². The van der Waals surface area contributed by atoms with E-state index in [-0.39, 0.29) is 5.91 Å². The van der Waals surface area contributed by atoms with Gasteiger partial charge in [0.1, 0.15) is 0 Å². The van der Waals surface area contributed by atoms with Crippen molar-refractivity contribution in [3.05, 3.63) is 34.3 Å². The molecular formula is C14H17Br2NO. The standard InChI is InChI=1S/C14H17Br2NO/c15-9-11-3-1-2-4-13(11)17-14(18)10-5-7-12(16)8-6-10/h5-8,11,13H,1-4,9H2,(H,17,18). The zero-order valence-electron chi connectivity index (χ0n) is 10.2. The Morgan fingerprint density at radius 3 is 2.56 bits per heavy atom. The molecule has 2 rings (SSSR count). The van der Waals surface area contributed by atoms with Crippen LogP contribution < -0.4 is 5.32 Å². The second-order valence-corrected chi connectivity index (χ2v) is 6.35. The minimum atomic E-state index is 0.0420. The number of carbonyl (C=O) groups is 1. The van der Waals surface area contributed by atoms with Gasteiger partial charge in [0.2, 0.25) is 0 Å². The van der Waals surface area contributed by atoms with Crippen LogP contribution in [0, 0.1) is 5.92 Å². The Bertz CT molecular complexity index is 405. The van der Waals surface area contributed by atoms with Gasteiger partial charge in [-0.2, -0.15) is 0 Å². The number of carbonyl (C=O) groups excluding carboxylic acids is 1. The third-order valence-electron chi connectivity index (χ3n) is 3.53. The summed E-state index contributed by atoms with van der Waals surface area (Å²) < 4.78 is 0.995. The molecule has 0 aromatic heterocycles. The molecule has 1 aliphatic rings. The average Bonchev–Trinajstić information content (AvgIpc) is 2.40. The van der Waals surface area contributed by atoms with Crippen LogP contribution in [0.15, 0.2) is 28.7 Å². The Balaban J connectivity index is 1.99. The summed E-state index contributed by atoms with van der Waals surface area (Å²) in [5, 5.41) is 4.14. The minimum Gasteiger partial charge on any atom is -0.349 e. The van der Waals surface area contributed by atoms with Gasteiger partial charge in [0.25, 0.3) is 5.91 Å². The first-order valence-corrected chi connectivity index (χ1v) is 8.24. The normalized spacial score (nSPS) is 23.7. The number of hydrogen-bond acceptors (Lipinski definition) is 1. The van der Waals surface area contributed by atoms with Crippen LogP contribution >= 0.6 is 31.9 Å². The van der Waals surface area contributed by atoms with E-state index < -0.39 is 0 Å². The Hall–Kier alpha value is -0.350. The zero-order valence-corrected chi connectivity index (χ0v) is 13.3. The maximum Gasteiger partial charge on any atom is 0.251 e. The molecule has 1 saturated carbocycles. The molecule has 1 amide bonds. The van der Waals surface area contributed by atoms with Gasteiger partial charge in [-0.25, -0.2) is 0 Å². The van der Waals surface area contributed by atoms with Crippen molar-refractivity contribution in [2.24, 2.45) is 5.92 Å². The molecule has 0 heterocycles. The molecule has 2 nitrogen and oxygen atoms in total. The number of nitrogens with one attached hydrogen (secondary N) is 1. The highest BCUT2D eigenvalue weighted by atomic mass is 79.9. The molecule has 1 aromatic rings. The van der Waals surface area contributed by atoms with E-state index in [1.54, 1.807) is 0 Å². The van der Waals surface area contributed by atoms with Gasteiger partial charge in [0.05, 0.1) is 0 Å². The van der Waals surface area contributed by atoms with Gasteiger partial charge in [-0.3, -0.25) is 4.79 Å². The number of alkyl halides is 1. The fourth-order valence-corrected chi connectivity index (χ4v) is 3.47. The van der Waals surface area contributed by atoms with Crippen LogP contribution in [0.4, 0.5) is 0 Å². The van der Waals surface area contributed by atoms with Crippen LogP contribution in [-0.2, 0) is 0 Å². The summed E-state index contributed by atoms with van der Waals surface area (Å²) in [6.07, 6.45) is 4.80. The summed E-state index contributed by atoms with van der Waals surface area (Å²) in [7, 11) is 0. The molecule has 1 aromatic carbocycles. The molecule has 2 atom stereocenters. The van der Waals surface area contributed by atoms with Crippen LogP contribution in [0.1, 0.15) is 36.0 Å². The molecule has 18 heavy (non-hydrogen) atoms. The molecule has 0 saturated heterocycles. The second-order valence-electron chi connectivity index (χ2n) is 4.79. The van der Waals surface area contributed by atoms with Crippen molar-refractivity contribution < 1.29 is 4.79 Å². The predicted octanol–water partition coefficient (Wildman–Crippen LogP) is 4.13. The molecule has 1 N–H and O–H groups in total. The van der Waals surface area contributed by atoms with Crippen LogP contribution in [0.2, 0.25) is 0 Å². The fourth-order valence-electron chi connectivity index (χ4n) is 2.44. The Kier molecular flexibility index (Phi) is 5.25. The van der Waals surface area contributed by atoms with Gasteiger partial charge in [0, 0.05) is 21.4 Å². The predicted molar refractivity (Wildman–Crippen MR) is 81.1 cm³/mol. The van der Waals surface area contributed by atoms with Crippen LogP contribution in [0.3, 0.4) is 0 Å². The van der Waals surface area contributed by atoms with Gasteiger partial charge >= 0.3 is 0 Å². The van der Waals surface area contributed by atoms with Crippen molar-refractivity contribution >= 4 is 37.8 Å². The van der Waals surface area contributed by atoms with E-state index in [2.05, 4.69) is 37.2 Å². The largest absolute Gasteiger partial charge is 0.349 e. The summed E-state index contributed by atoms with van der Waals surface area (Å²) in [6.45, 7) is 0. The van der Waals surface area contributed by atoms with Crippen molar-refractivity contribution in [1.82, 2.24) is 5.32 Å². The van der Waals surface area contributed by atoms with E-state index in [0.717, 1.165) is 21.8 Å². The number of rotatable bonds is 3. The highest BCUT2D eigenvalue weighted by Gasteiger charge is 2.25. The first-order chi connectivity index (χ1) is 8.70.